The Morgan fingerprint density at radius 1 is 1.38 bits per heavy atom. The van der Waals surface area contributed by atoms with Crippen LogP contribution < -0.4 is 0 Å². The summed E-state index contributed by atoms with van der Waals surface area (Å²) in [6.45, 7) is 9.64. The van der Waals surface area contributed by atoms with E-state index in [2.05, 4.69) is 34.3 Å². The van der Waals surface area contributed by atoms with Crippen LogP contribution >= 0.6 is 22.7 Å². The molecule has 0 amide bonds. The number of rotatable bonds is 4. The van der Waals surface area contributed by atoms with Gasteiger partial charge in [-0.15, -0.1) is 32.9 Å². The number of likely N-dealkylation sites (tertiary alicyclic amines) is 1. The van der Waals surface area contributed by atoms with E-state index < -0.39 is 0 Å². The molecule has 4 nitrogen and oxygen atoms in total. The molecule has 0 aliphatic carbocycles. The third-order valence-corrected chi connectivity index (χ3v) is 5.76. The molecule has 0 radical (unpaired) electrons. The number of hydrogen-bond donors (Lipinski definition) is 0. The third-order valence-electron chi connectivity index (χ3n) is 3.91. The van der Waals surface area contributed by atoms with Gasteiger partial charge in [0.2, 0.25) is 0 Å². The highest BCUT2D eigenvalue weighted by atomic mass is 32.1. The zero-order valence-corrected chi connectivity index (χ0v) is 14.5. The van der Waals surface area contributed by atoms with Crippen molar-refractivity contribution in [1.29, 1.82) is 0 Å². The molecule has 0 bridgehead atoms. The molecule has 3 heterocycles. The number of aryl methyl sites for hydroxylation is 1. The summed E-state index contributed by atoms with van der Waals surface area (Å²) in [6, 6.07) is 0. The molecule has 1 atom stereocenters. The number of aromatic nitrogens is 3. The molecule has 1 saturated heterocycles. The first-order chi connectivity index (χ1) is 10.1. The normalized spacial score (nSPS) is 20.3. The van der Waals surface area contributed by atoms with Crippen LogP contribution in [0, 0.1) is 6.92 Å². The van der Waals surface area contributed by atoms with Crippen molar-refractivity contribution in [1.82, 2.24) is 20.1 Å². The summed E-state index contributed by atoms with van der Waals surface area (Å²) in [6.07, 6.45) is 2.51. The monoisotopic (exact) mass is 322 g/mol. The van der Waals surface area contributed by atoms with Gasteiger partial charge in [-0.25, -0.2) is 4.98 Å². The lowest BCUT2D eigenvalue weighted by molar-refractivity contribution is 0.199. The van der Waals surface area contributed by atoms with E-state index in [1.54, 1.807) is 11.3 Å². The van der Waals surface area contributed by atoms with Crippen LogP contribution in [0.3, 0.4) is 0 Å². The van der Waals surface area contributed by atoms with Gasteiger partial charge in [-0.3, -0.25) is 4.90 Å². The zero-order chi connectivity index (χ0) is 14.8. The first-order valence-electron chi connectivity index (χ1n) is 7.58. The van der Waals surface area contributed by atoms with Gasteiger partial charge in [-0.2, -0.15) is 0 Å². The fourth-order valence-corrected chi connectivity index (χ4v) is 4.61. The molecule has 114 valence electrons. The van der Waals surface area contributed by atoms with E-state index in [4.69, 9.17) is 4.98 Å². The maximum Gasteiger partial charge on any atom is 0.131 e. The van der Waals surface area contributed by atoms with Gasteiger partial charge in [-0.1, -0.05) is 13.8 Å². The van der Waals surface area contributed by atoms with E-state index in [-0.39, 0.29) is 0 Å². The van der Waals surface area contributed by atoms with Crippen molar-refractivity contribution in [3.8, 4) is 0 Å². The highest BCUT2D eigenvalue weighted by molar-refractivity contribution is 7.11. The standard InChI is InChI=1S/C15H22N4S2/c1-10(2)13-9-20-15(16-13)12-5-4-6-19(7-12)8-14-18-17-11(3)21-14/h9-10,12H,4-8H2,1-3H3/t12-/m0/s1. The minimum atomic E-state index is 0.527. The number of nitrogens with zero attached hydrogens (tertiary/aromatic N) is 4. The van der Waals surface area contributed by atoms with E-state index in [0.717, 1.165) is 29.6 Å². The Labute approximate surface area is 134 Å². The molecule has 6 heteroatoms. The molecule has 0 saturated carbocycles. The largest absolute Gasteiger partial charge is 0.296 e. The van der Waals surface area contributed by atoms with E-state index in [1.807, 2.05) is 18.3 Å². The lowest BCUT2D eigenvalue weighted by Gasteiger charge is -2.30. The van der Waals surface area contributed by atoms with Crippen LogP contribution in [0.4, 0.5) is 0 Å². The summed E-state index contributed by atoms with van der Waals surface area (Å²) >= 11 is 3.54. The molecule has 1 aliphatic rings. The second-order valence-electron chi connectivity index (χ2n) is 6.05. The van der Waals surface area contributed by atoms with Gasteiger partial charge in [-0.05, 0) is 32.2 Å². The average Bonchev–Trinajstić information content (AvgIpc) is 3.08. The fourth-order valence-electron chi connectivity index (χ4n) is 2.75. The first kappa shape index (κ1) is 15.1. The second-order valence-corrected chi connectivity index (χ2v) is 8.21. The van der Waals surface area contributed by atoms with Gasteiger partial charge >= 0.3 is 0 Å². The molecule has 3 rings (SSSR count). The Hall–Kier alpha value is -0.850. The van der Waals surface area contributed by atoms with E-state index in [0.29, 0.717) is 11.8 Å². The highest BCUT2D eigenvalue weighted by Crippen LogP contribution is 2.31. The highest BCUT2D eigenvalue weighted by Gasteiger charge is 2.24. The van der Waals surface area contributed by atoms with E-state index >= 15 is 0 Å². The van der Waals surface area contributed by atoms with Crippen molar-refractivity contribution in [2.24, 2.45) is 0 Å². The van der Waals surface area contributed by atoms with Gasteiger partial charge in [0.25, 0.3) is 0 Å². The van der Waals surface area contributed by atoms with Crippen LogP contribution in [0.2, 0.25) is 0 Å². The summed E-state index contributed by atoms with van der Waals surface area (Å²) < 4.78 is 0. The first-order valence-corrected chi connectivity index (χ1v) is 9.28. The summed E-state index contributed by atoms with van der Waals surface area (Å²) in [7, 11) is 0. The molecular weight excluding hydrogens is 300 g/mol. The Balaban J connectivity index is 1.64. The van der Waals surface area contributed by atoms with Gasteiger partial charge in [0, 0.05) is 17.8 Å². The smallest absolute Gasteiger partial charge is 0.131 e. The van der Waals surface area contributed by atoms with Gasteiger partial charge in [0.15, 0.2) is 0 Å². The summed E-state index contributed by atoms with van der Waals surface area (Å²) in [5.74, 6) is 1.12. The van der Waals surface area contributed by atoms with Crippen LogP contribution in [-0.2, 0) is 6.54 Å². The number of piperidine rings is 1. The Kier molecular flexibility index (Phi) is 4.66. The lowest BCUT2D eigenvalue weighted by atomic mass is 9.98. The maximum atomic E-state index is 4.85. The summed E-state index contributed by atoms with van der Waals surface area (Å²) in [4.78, 5) is 7.35. The molecule has 0 unspecified atom stereocenters. The molecule has 0 N–H and O–H groups in total. The molecule has 1 aliphatic heterocycles. The summed E-state index contributed by atoms with van der Waals surface area (Å²) in [5.41, 5.74) is 1.24. The van der Waals surface area contributed by atoms with Crippen molar-refractivity contribution < 1.29 is 0 Å². The maximum absolute atomic E-state index is 4.85. The SMILES string of the molecule is Cc1nnc(CN2CCC[C@H](c3nc(C(C)C)cs3)C2)s1. The van der Waals surface area contributed by atoms with Crippen molar-refractivity contribution in [3.05, 3.63) is 26.1 Å². The van der Waals surface area contributed by atoms with Crippen LogP contribution in [0.25, 0.3) is 0 Å². The van der Waals surface area contributed by atoms with Crippen LogP contribution in [0.15, 0.2) is 5.38 Å². The van der Waals surface area contributed by atoms with Crippen molar-refractivity contribution in [2.75, 3.05) is 13.1 Å². The lowest BCUT2D eigenvalue weighted by Crippen LogP contribution is -2.33. The second kappa shape index (κ2) is 6.50. The Morgan fingerprint density at radius 2 is 2.24 bits per heavy atom. The van der Waals surface area contributed by atoms with Crippen molar-refractivity contribution in [3.63, 3.8) is 0 Å². The minimum absolute atomic E-state index is 0.527. The zero-order valence-electron chi connectivity index (χ0n) is 12.9. The fraction of sp³-hybridized carbons (Fsp3) is 0.667. The average molecular weight is 323 g/mol. The molecule has 2 aromatic heterocycles. The quantitative estimate of drug-likeness (QED) is 0.858. The predicted molar refractivity (Wildman–Crippen MR) is 88.1 cm³/mol. The van der Waals surface area contributed by atoms with Crippen molar-refractivity contribution in [2.45, 2.75) is 52.0 Å². The van der Waals surface area contributed by atoms with Crippen LogP contribution in [0.5, 0.6) is 0 Å². The number of thiazole rings is 1. The van der Waals surface area contributed by atoms with Crippen molar-refractivity contribution >= 4 is 22.7 Å². The van der Waals surface area contributed by atoms with Gasteiger partial charge < -0.3 is 0 Å². The Morgan fingerprint density at radius 3 is 2.90 bits per heavy atom. The molecule has 0 aromatic carbocycles. The topological polar surface area (TPSA) is 41.9 Å². The van der Waals surface area contributed by atoms with E-state index in [9.17, 15) is 0 Å². The van der Waals surface area contributed by atoms with Crippen LogP contribution in [-0.4, -0.2) is 33.2 Å². The predicted octanol–water partition coefficient (Wildman–Crippen LogP) is 3.81. The molecule has 21 heavy (non-hydrogen) atoms. The third kappa shape index (κ3) is 3.67. The molecule has 0 spiro atoms. The number of hydrogen-bond acceptors (Lipinski definition) is 6. The Bertz CT molecular complexity index is 590. The molecular formula is C15H22N4S2. The van der Waals surface area contributed by atoms with Gasteiger partial charge in [0.1, 0.15) is 10.0 Å². The molecule has 2 aromatic rings. The molecule has 1 fully saturated rings. The summed E-state index contributed by atoms with van der Waals surface area (Å²) in [5, 5.41) is 14.1. The van der Waals surface area contributed by atoms with E-state index in [1.165, 1.54) is 23.5 Å². The van der Waals surface area contributed by atoms with Crippen LogP contribution in [0.1, 0.15) is 59.2 Å². The minimum Gasteiger partial charge on any atom is -0.296 e. The van der Waals surface area contributed by atoms with Gasteiger partial charge in [0.05, 0.1) is 17.2 Å².